The van der Waals surface area contributed by atoms with Crippen molar-refractivity contribution in [3.05, 3.63) is 35.9 Å². The van der Waals surface area contributed by atoms with Gasteiger partial charge in [-0.3, -0.25) is 9.00 Å². The molecule has 0 spiro atoms. The van der Waals surface area contributed by atoms with Gasteiger partial charge in [0, 0.05) is 21.3 Å². The lowest BCUT2D eigenvalue weighted by molar-refractivity contribution is -0.147. The molecule has 0 aromatic heterocycles. The van der Waals surface area contributed by atoms with Gasteiger partial charge in [-0.1, -0.05) is 30.3 Å². The molecule has 0 fully saturated rings. The molecule has 1 aromatic rings. The van der Waals surface area contributed by atoms with Crippen molar-refractivity contribution in [3.63, 3.8) is 0 Å². The molecule has 0 N–H and O–H groups in total. The minimum atomic E-state index is -1.07. The van der Waals surface area contributed by atoms with Gasteiger partial charge < -0.3 is 4.74 Å². The highest BCUT2D eigenvalue weighted by Crippen LogP contribution is 2.18. The average Bonchev–Trinajstić information content (AvgIpc) is 2.38. The standard InChI is InChI=1S/C16H24O3S/c1-5-19-15(17)14(12-20(18)16(2,3)4)11-13-9-7-6-8-10-13/h6-10,14H,5,11-12H2,1-4H3/t14-,20-/m1/s1. The summed E-state index contributed by atoms with van der Waals surface area (Å²) in [7, 11) is -1.07. The molecular weight excluding hydrogens is 272 g/mol. The van der Waals surface area contributed by atoms with Crippen LogP contribution in [-0.2, 0) is 26.8 Å². The second-order valence-corrected chi connectivity index (χ2v) is 8.01. The van der Waals surface area contributed by atoms with E-state index in [0.29, 0.717) is 18.8 Å². The van der Waals surface area contributed by atoms with E-state index < -0.39 is 10.8 Å². The molecule has 20 heavy (non-hydrogen) atoms. The summed E-state index contributed by atoms with van der Waals surface area (Å²) in [4.78, 5) is 12.1. The van der Waals surface area contributed by atoms with Gasteiger partial charge in [-0.15, -0.1) is 0 Å². The Balaban J connectivity index is 2.81. The van der Waals surface area contributed by atoms with Crippen molar-refractivity contribution < 1.29 is 13.7 Å². The summed E-state index contributed by atoms with van der Waals surface area (Å²) in [6, 6.07) is 9.78. The van der Waals surface area contributed by atoms with Gasteiger partial charge >= 0.3 is 5.97 Å². The summed E-state index contributed by atoms with van der Waals surface area (Å²) in [5.74, 6) is -0.261. The maximum atomic E-state index is 12.3. The maximum absolute atomic E-state index is 12.3. The molecule has 1 rings (SSSR count). The Morgan fingerprint density at radius 2 is 1.85 bits per heavy atom. The Hall–Kier alpha value is -1.16. The van der Waals surface area contributed by atoms with Gasteiger partial charge in [-0.05, 0) is 39.7 Å². The number of esters is 1. The Morgan fingerprint density at radius 1 is 1.25 bits per heavy atom. The van der Waals surface area contributed by atoms with Crippen LogP contribution in [0.4, 0.5) is 0 Å². The second kappa shape index (κ2) is 7.58. The zero-order chi connectivity index (χ0) is 15.2. The van der Waals surface area contributed by atoms with E-state index in [4.69, 9.17) is 4.74 Å². The van der Waals surface area contributed by atoms with Crippen LogP contribution < -0.4 is 0 Å². The van der Waals surface area contributed by atoms with E-state index in [0.717, 1.165) is 5.56 Å². The van der Waals surface area contributed by atoms with E-state index in [1.165, 1.54) is 0 Å². The van der Waals surface area contributed by atoms with Crippen LogP contribution in [0.15, 0.2) is 30.3 Å². The molecule has 0 aliphatic carbocycles. The van der Waals surface area contributed by atoms with Gasteiger partial charge in [0.2, 0.25) is 0 Å². The first-order valence-corrected chi connectivity index (χ1v) is 8.25. The van der Waals surface area contributed by atoms with E-state index in [-0.39, 0.29) is 16.6 Å². The van der Waals surface area contributed by atoms with E-state index in [9.17, 15) is 9.00 Å². The van der Waals surface area contributed by atoms with Crippen molar-refractivity contribution in [1.82, 2.24) is 0 Å². The van der Waals surface area contributed by atoms with Gasteiger partial charge in [-0.2, -0.15) is 0 Å². The molecule has 0 saturated carbocycles. The van der Waals surface area contributed by atoms with Crippen LogP contribution in [0.3, 0.4) is 0 Å². The summed E-state index contributed by atoms with van der Waals surface area (Å²) < 4.78 is 17.1. The Morgan fingerprint density at radius 3 is 2.35 bits per heavy atom. The third-order valence-corrected chi connectivity index (χ3v) is 5.05. The second-order valence-electron chi connectivity index (χ2n) is 5.76. The van der Waals surface area contributed by atoms with Crippen LogP contribution in [0.1, 0.15) is 33.3 Å². The fourth-order valence-corrected chi connectivity index (χ4v) is 2.92. The fourth-order valence-electron chi connectivity index (χ4n) is 1.80. The summed E-state index contributed by atoms with van der Waals surface area (Å²) in [5.41, 5.74) is 1.07. The van der Waals surface area contributed by atoms with Crippen molar-refractivity contribution >= 4 is 16.8 Å². The highest BCUT2D eigenvalue weighted by atomic mass is 32.2. The van der Waals surface area contributed by atoms with Gasteiger partial charge in [-0.25, -0.2) is 0 Å². The predicted octanol–water partition coefficient (Wildman–Crippen LogP) is 2.96. The quantitative estimate of drug-likeness (QED) is 0.758. The molecule has 0 heterocycles. The maximum Gasteiger partial charge on any atom is 0.310 e. The number of carbonyl (C=O) groups excluding carboxylic acids is 1. The number of hydrogen-bond donors (Lipinski definition) is 0. The highest BCUT2D eigenvalue weighted by molar-refractivity contribution is 7.86. The number of ether oxygens (including phenoxy) is 1. The predicted molar refractivity (Wildman–Crippen MR) is 83.0 cm³/mol. The fraction of sp³-hybridized carbons (Fsp3) is 0.562. The van der Waals surface area contributed by atoms with E-state index >= 15 is 0 Å². The Labute approximate surface area is 124 Å². The highest BCUT2D eigenvalue weighted by Gasteiger charge is 2.28. The molecule has 1 aromatic carbocycles. The third kappa shape index (κ3) is 5.45. The minimum absolute atomic E-state index is 0.256. The summed E-state index contributed by atoms with van der Waals surface area (Å²) >= 11 is 0. The Bertz CT molecular complexity index is 449. The first-order valence-electron chi connectivity index (χ1n) is 6.93. The van der Waals surface area contributed by atoms with Crippen LogP contribution in [0.25, 0.3) is 0 Å². The monoisotopic (exact) mass is 296 g/mol. The van der Waals surface area contributed by atoms with Gasteiger partial charge in [0.05, 0.1) is 12.5 Å². The molecule has 0 saturated heterocycles. The zero-order valence-corrected chi connectivity index (χ0v) is 13.5. The van der Waals surface area contributed by atoms with Crippen LogP contribution in [0.5, 0.6) is 0 Å². The molecule has 0 aliphatic rings. The van der Waals surface area contributed by atoms with E-state index in [1.807, 2.05) is 51.1 Å². The van der Waals surface area contributed by atoms with Crippen molar-refractivity contribution in [2.24, 2.45) is 5.92 Å². The van der Waals surface area contributed by atoms with E-state index in [2.05, 4.69) is 0 Å². The first kappa shape index (κ1) is 16.9. The summed E-state index contributed by atoms with van der Waals surface area (Å²) in [5, 5.41) is 0. The van der Waals surface area contributed by atoms with E-state index in [1.54, 1.807) is 6.92 Å². The summed E-state index contributed by atoms with van der Waals surface area (Å²) in [6.45, 7) is 7.92. The first-order chi connectivity index (χ1) is 9.34. The molecule has 3 nitrogen and oxygen atoms in total. The molecule has 2 atom stereocenters. The lowest BCUT2D eigenvalue weighted by Crippen LogP contribution is -2.32. The molecule has 0 amide bonds. The molecule has 0 bridgehead atoms. The lowest BCUT2D eigenvalue weighted by Gasteiger charge is -2.22. The number of hydrogen-bond acceptors (Lipinski definition) is 3. The van der Waals surface area contributed by atoms with Crippen molar-refractivity contribution in [3.8, 4) is 0 Å². The molecule has 0 radical (unpaired) electrons. The zero-order valence-electron chi connectivity index (χ0n) is 12.7. The average molecular weight is 296 g/mol. The molecular formula is C16H24O3S. The van der Waals surface area contributed by atoms with Crippen LogP contribution in [0, 0.1) is 5.92 Å². The molecule has 112 valence electrons. The van der Waals surface area contributed by atoms with Crippen LogP contribution >= 0.6 is 0 Å². The molecule has 0 aliphatic heterocycles. The van der Waals surface area contributed by atoms with Crippen LogP contribution in [-0.4, -0.2) is 27.3 Å². The van der Waals surface area contributed by atoms with Gasteiger partial charge in [0.25, 0.3) is 0 Å². The minimum Gasteiger partial charge on any atom is -0.466 e. The van der Waals surface area contributed by atoms with Gasteiger partial charge in [0.15, 0.2) is 0 Å². The lowest BCUT2D eigenvalue weighted by atomic mass is 10.0. The van der Waals surface area contributed by atoms with Crippen molar-refractivity contribution in [2.45, 2.75) is 38.9 Å². The third-order valence-electron chi connectivity index (χ3n) is 2.98. The van der Waals surface area contributed by atoms with Crippen LogP contribution in [0.2, 0.25) is 0 Å². The number of benzene rings is 1. The normalized spacial score (nSPS) is 14.6. The summed E-state index contributed by atoms with van der Waals surface area (Å²) in [6.07, 6.45) is 0.571. The van der Waals surface area contributed by atoms with Gasteiger partial charge in [0.1, 0.15) is 0 Å². The Kier molecular flexibility index (Phi) is 6.40. The van der Waals surface area contributed by atoms with Crippen molar-refractivity contribution in [2.75, 3.05) is 12.4 Å². The molecule has 0 unspecified atom stereocenters. The number of rotatable bonds is 6. The molecule has 4 heteroatoms. The number of carbonyl (C=O) groups is 1. The largest absolute Gasteiger partial charge is 0.466 e. The van der Waals surface area contributed by atoms with Crippen molar-refractivity contribution in [1.29, 1.82) is 0 Å². The SMILES string of the molecule is CCOC(=O)[C@H](Cc1ccccc1)C[S@@](=O)C(C)(C)C. The topological polar surface area (TPSA) is 43.4 Å². The smallest absolute Gasteiger partial charge is 0.310 e.